The summed E-state index contributed by atoms with van der Waals surface area (Å²) >= 11 is 0. The van der Waals surface area contributed by atoms with Crippen LogP contribution in [0.25, 0.3) is 5.57 Å². The molecule has 58 valence electrons. The SMILES string of the molecule is N=C1N=NC=C1c1ccccn1. The molecule has 1 aliphatic rings. The minimum Gasteiger partial charge on any atom is -0.281 e. The van der Waals surface area contributed by atoms with Gasteiger partial charge in [-0.1, -0.05) is 6.07 Å². The summed E-state index contributed by atoms with van der Waals surface area (Å²) in [6.07, 6.45) is 3.23. The molecule has 0 spiro atoms. The first-order chi connectivity index (χ1) is 5.88. The molecule has 2 rings (SSSR count). The van der Waals surface area contributed by atoms with Crippen molar-refractivity contribution in [3.05, 3.63) is 36.3 Å². The van der Waals surface area contributed by atoms with E-state index in [2.05, 4.69) is 15.2 Å². The lowest BCUT2D eigenvalue weighted by molar-refractivity contribution is 1.28. The van der Waals surface area contributed by atoms with Crippen molar-refractivity contribution in [3.63, 3.8) is 0 Å². The lowest BCUT2D eigenvalue weighted by Gasteiger charge is -1.96. The van der Waals surface area contributed by atoms with Crippen molar-refractivity contribution in [3.8, 4) is 0 Å². The molecule has 1 aromatic rings. The largest absolute Gasteiger partial charge is 0.281 e. The number of amidine groups is 1. The van der Waals surface area contributed by atoms with Gasteiger partial charge in [0.15, 0.2) is 5.84 Å². The van der Waals surface area contributed by atoms with Gasteiger partial charge in [-0.15, -0.1) is 5.11 Å². The molecule has 1 aromatic heterocycles. The lowest BCUT2D eigenvalue weighted by atomic mass is 10.2. The topological polar surface area (TPSA) is 61.5 Å². The molecule has 1 N–H and O–H groups in total. The van der Waals surface area contributed by atoms with Crippen LogP contribution >= 0.6 is 0 Å². The van der Waals surface area contributed by atoms with Crippen molar-refractivity contribution < 1.29 is 0 Å². The Balaban J connectivity index is 2.40. The predicted molar refractivity (Wildman–Crippen MR) is 44.8 cm³/mol. The Morgan fingerprint density at radius 2 is 2.17 bits per heavy atom. The highest BCUT2D eigenvalue weighted by atomic mass is 15.1. The van der Waals surface area contributed by atoms with Crippen LogP contribution in [0.4, 0.5) is 0 Å². The number of hydrogen-bond donors (Lipinski definition) is 1. The summed E-state index contributed by atoms with van der Waals surface area (Å²) in [4.78, 5) is 4.08. The van der Waals surface area contributed by atoms with Gasteiger partial charge < -0.3 is 0 Å². The highest BCUT2D eigenvalue weighted by Gasteiger charge is 2.11. The molecular weight excluding hydrogens is 152 g/mol. The minimum atomic E-state index is 0.175. The lowest BCUT2D eigenvalue weighted by Crippen LogP contribution is -1.94. The van der Waals surface area contributed by atoms with Crippen LogP contribution in [0.1, 0.15) is 5.69 Å². The van der Waals surface area contributed by atoms with Crippen LogP contribution < -0.4 is 0 Å². The van der Waals surface area contributed by atoms with Gasteiger partial charge in [-0.05, 0) is 12.1 Å². The van der Waals surface area contributed by atoms with E-state index in [9.17, 15) is 0 Å². The van der Waals surface area contributed by atoms with Crippen molar-refractivity contribution in [2.24, 2.45) is 10.2 Å². The molecule has 0 saturated heterocycles. The molecular formula is C8H6N4. The van der Waals surface area contributed by atoms with E-state index in [-0.39, 0.29) is 5.84 Å². The predicted octanol–water partition coefficient (Wildman–Crippen LogP) is 1.87. The number of hydrogen-bond acceptors (Lipinski definition) is 3. The fourth-order valence-electron chi connectivity index (χ4n) is 0.969. The second-order valence-electron chi connectivity index (χ2n) is 2.32. The number of nitrogens with zero attached hydrogens (tertiary/aromatic N) is 3. The average Bonchev–Trinajstić information content (AvgIpc) is 2.53. The van der Waals surface area contributed by atoms with E-state index >= 15 is 0 Å². The Kier molecular flexibility index (Phi) is 1.51. The highest BCUT2D eigenvalue weighted by molar-refractivity contribution is 6.21. The van der Waals surface area contributed by atoms with Crippen molar-refractivity contribution >= 4 is 11.4 Å². The molecule has 0 bridgehead atoms. The maximum atomic E-state index is 7.37. The molecule has 0 aromatic carbocycles. The Morgan fingerprint density at radius 1 is 1.25 bits per heavy atom. The molecule has 4 heteroatoms. The van der Waals surface area contributed by atoms with E-state index < -0.39 is 0 Å². The molecule has 1 aliphatic heterocycles. The maximum absolute atomic E-state index is 7.37. The summed E-state index contributed by atoms with van der Waals surface area (Å²) in [5, 5.41) is 14.6. The molecule has 4 nitrogen and oxygen atoms in total. The first kappa shape index (κ1) is 6.84. The summed E-state index contributed by atoms with van der Waals surface area (Å²) in [7, 11) is 0. The van der Waals surface area contributed by atoms with Gasteiger partial charge in [0.2, 0.25) is 0 Å². The van der Waals surface area contributed by atoms with E-state index in [1.54, 1.807) is 12.4 Å². The number of rotatable bonds is 1. The molecule has 0 atom stereocenters. The molecule has 12 heavy (non-hydrogen) atoms. The maximum Gasteiger partial charge on any atom is 0.178 e. The van der Waals surface area contributed by atoms with Crippen LogP contribution in [0.2, 0.25) is 0 Å². The summed E-state index contributed by atoms with van der Waals surface area (Å²) in [5.41, 5.74) is 1.42. The summed E-state index contributed by atoms with van der Waals surface area (Å²) in [6, 6.07) is 5.53. The zero-order valence-corrected chi connectivity index (χ0v) is 6.23. The Labute approximate surface area is 69.2 Å². The molecule has 0 unspecified atom stereocenters. The summed E-state index contributed by atoms with van der Waals surface area (Å²) in [5.74, 6) is 0.175. The van der Waals surface area contributed by atoms with E-state index in [1.807, 2.05) is 18.2 Å². The summed E-state index contributed by atoms with van der Waals surface area (Å²) in [6.45, 7) is 0. The van der Waals surface area contributed by atoms with Gasteiger partial charge in [-0.3, -0.25) is 10.4 Å². The van der Waals surface area contributed by atoms with Crippen LogP contribution in [0.3, 0.4) is 0 Å². The van der Waals surface area contributed by atoms with E-state index in [0.717, 1.165) is 5.69 Å². The molecule has 0 radical (unpaired) electrons. The number of azo groups is 1. The fourth-order valence-corrected chi connectivity index (χ4v) is 0.969. The van der Waals surface area contributed by atoms with Gasteiger partial charge in [0.1, 0.15) is 0 Å². The van der Waals surface area contributed by atoms with Crippen molar-refractivity contribution in [2.75, 3.05) is 0 Å². The first-order valence-corrected chi connectivity index (χ1v) is 3.49. The van der Waals surface area contributed by atoms with Gasteiger partial charge in [0.25, 0.3) is 0 Å². The highest BCUT2D eigenvalue weighted by Crippen LogP contribution is 2.17. The minimum absolute atomic E-state index is 0.175. The second kappa shape index (κ2) is 2.65. The van der Waals surface area contributed by atoms with Crippen LogP contribution in [0.15, 0.2) is 40.8 Å². The fraction of sp³-hybridized carbons (Fsp3) is 0. The van der Waals surface area contributed by atoms with E-state index in [0.29, 0.717) is 5.57 Å². The average molecular weight is 158 g/mol. The van der Waals surface area contributed by atoms with Crippen LogP contribution in [0, 0.1) is 5.41 Å². The van der Waals surface area contributed by atoms with Gasteiger partial charge in [-0.25, -0.2) is 0 Å². The van der Waals surface area contributed by atoms with Crippen LogP contribution in [0.5, 0.6) is 0 Å². The van der Waals surface area contributed by atoms with Gasteiger partial charge in [0.05, 0.1) is 17.5 Å². The standard InChI is InChI=1S/C8H6N4/c9-8-6(5-11-12-8)7-3-1-2-4-10-7/h1-5,9H. The number of pyridine rings is 1. The monoisotopic (exact) mass is 158 g/mol. The van der Waals surface area contributed by atoms with Crippen molar-refractivity contribution in [1.29, 1.82) is 5.41 Å². The zero-order valence-electron chi connectivity index (χ0n) is 6.23. The molecule has 0 aliphatic carbocycles. The first-order valence-electron chi connectivity index (χ1n) is 3.49. The number of aromatic nitrogens is 1. The van der Waals surface area contributed by atoms with Gasteiger partial charge in [0, 0.05) is 6.20 Å². The second-order valence-corrected chi connectivity index (χ2v) is 2.32. The van der Waals surface area contributed by atoms with Crippen molar-refractivity contribution in [2.45, 2.75) is 0 Å². The quantitative estimate of drug-likeness (QED) is 0.666. The molecule has 2 heterocycles. The van der Waals surface area contributed by atoms with Crippen molar-refractivity contribution in [1.82, 2.24) is 4.98 Å². The Bertz CT molecular complexity index is 364. The van der Waals surface area contributed by atoms with Crippen LogP contribution in [-0.4, -0.2) is 10.8 Å². The number of nitrogens with one attached hydrogen (secondary N) is 1. The third-order valence-corrected chi connectivity index (χ3v) is 1.54. The molecule has 0 amide bonds. The molecule has 0 fully saturated rings. The zero-order chi connectivity index (χ0) is 8.39. The van der Waals surface area contributed by atoms with Crippen LogP contribution in [-0.2, 0) is 0 Å². The third kappa shape index (κ3) is 1.03. The smallest absolute Gasteiger partial charge is 0.178 e. The molecule has 0 saturated carbocycles. The normalized spacial score (nSPS) is 15.0. The van der Waals surface area contributed by atoms with E-state index in [4.69, 9.17) is 5.41 Å². The van der Waals surface area contributed by atoms with Gasteiger partial charge in [-0.2, -0.15) is 5.11 Å². The summed E-state index contributed by atoms with van der Waals surface area (Å²) < 4.78 is 0. The third-order valence-electron chi connectivity index (χ3n) is 1.54. The Hall–Kier alpha value is -1.84. The Morgan fingerprint density at radius 3 is 2.75 bits per heavy atom. The van der Waals surface area contributed by atoms with E-state index in [1.165, 1.54) is 0 Å². The van der Waals surface area contributed by atoms with Gasteiger partial charge >= 0.3 is 0 Å².